The predicted octanol–water partition coefficient (Wildman–Crippen LogP) is 6.54. The molecule has 0 radical (unpaired) electrons. The van der Waals surface area contributed by atoms with Gasteiger partial charge in [-0.1, -0.05) is 32.4 Å². The van der Waals surface area contributed by atoms with E-state index in [1.165, 1.54) is 12.1 Å². The number of ether oxygens (including phenoxy) is 2. The third kappa shape index (κ3) is 8.84. The van der Waals surface area contributed by atoms with Gasteiger partial charge in [0.25, 0.3) is 0 Å². The number of esters is 1. The average molecular weight is 486 g/mol. The number of carbonyl (C=O) groups excluding carboxylic acids is 2. The molecule has 0 aromatic heterocycles. The summed E-state index contributed by atoms with van der Waals surface area (Å²) >= 11 is 0. The first-order chi connectivity index (χ1) is 15.7. The van der Waals surface area contributed by atoms with Crippen LogP contribution in [0.25, 0.3) is 0 Å². The van der Waals surface area contributed by atoms with Crippen LogP contribution >= 0.6 is 0 Å². The number of halogens is 3. The summed E-state index contributed by atoms with van der Waals surface area (Å²) in [6, 6.07) is 4.50. The van der Waals surface area contributed by atoms with Gasteiger partial charge in [0.2, 0.25) is 0 Å². The molecule has 0 spiro atoms. The highest BCUT2D eigenvalue weighted by Crippen LogP contribution is 2.35. The van der Waals surface area contributed by atoms with Gasteiger partial charge in [0, 0.05) is 0 Å². The van der Waals surface area contributed by atoms with Gasteiger partial charge in [0.1, 0.15) is 17.7 Å². The van der Waals surface area contributed by atoms with Gasteiger partial charge in [-0.05, 0) is 88.8 Å². The highest BCUT2D eigenvalue weighted by Gasteiger charge is 2.35. The summed E-state index contributed by atoms with van der Waals surface area (Å²) in [6.07, 6.45) is -2.16. The van der Waals surface area contributed by atoms with Crippen LogP contribution in [-0.2, 0) is 26.9 Å². The zero-order valence-corrected chi connectivity index (χ0v) is 21.0. The Hall–Kier alpha value is -2.25. The lowest BCUT2D eigenvalue weighted by Gasteiger charge is -2.32. The molecule has 1 amide bonds. The van der Waals surface area contributed by atoms with Crippen molar-refractivity contribution in [3.63, 3.8) is 0 Å². The van der Waals surface area contributed by atoms with Crippen molar-refractivity contribution in [1.29, 1.82) is 0 Å². The van der Waals surface area contributed by atoms with Crippen molar-refractivity contribution in [2.24, 2.45) is 17.8 Å². The van der Waals surface area contributed by atoms with Crippen molar-refractivity contribution < 1.29 is 32.2 Å². The Morgan fingerprint density at radius 1 is 1.15 bits per heavy atom. The van der Waals surface area contributed by atoms with Gasteiger partial charge >= 0.3 is 18.2 Å². The number of benzene rings is 1. The highest BCUT2D eigenvalue weighted by atomic mass is 19.4. The van der Waals surface area contributed by atoms with E-state index in [0.717, 1.165) is 30.5 Å². The molecule has 1 aromatic carbocycles. The Bertz CT molecular complexity index is 815. The summed E-state index contributed by atoms with van der Waals surface area (Å²) in [5.74, 6) is 0.0497. The maximum Gasteiger partial charge on any atom is 0.416 e. The molecule has 1 saturated heterocycles. The summed E-state index contributed by atoms with van der Waals surface area (Å²) in [6.45, 7) is 11.3. The van der Waals surface area contributed by atoms with E-state index in [2.05, 4.69) is 19.2 Å². The zero-order valence-electron chi connectivity index (χ0n) is 21.0. The van der Waals surface area contributed by atoms with Gasteiger partial charge in [-0.25, -0.2) is 9.59 Å². The number of carbonyl (C=O) groups is 2. The van der Waals surface area contributed by atoms with Gasteiger partial charge in [-0.2, -0.15) is 13.2 Å². The molecule has 5 nitrogen and oxygen atoms in total. The Morgan fingerprint density at radius 3 is 2.29 bits per heavy atom. The minimum absolute atomic E-state index is 0.0477. The second-order valence-corrected chi connectivity index (χ2v) is 10.7. The van der Waals surface area contributed by atoms with Gasteiger partial charge in [0.15, 0.2) is 0 Å². The molecule has 4 atom stereocenters. The molecule has 1 heterocycles. The van der Waals surface area contributed by atoms with E-state index >= 15 is 0 Å². The first-order valence-electron chi connectivity index (χ1n) is 12.0. The normalized spacial score (nSPS) is 24.6. The number of alkyl halides is 3. The standard InChI is InChI=1S/C26H38F3NO4/c1-16(2)14-21-17(3)33-23(31)22(30-24(32)34-25(4,5)6)9-7-8-19(21)15-18-10-12-20(13-11-18)26(27,28)29/h10-13,16-17,19,21-22H,7-9,14-15H2,1-6H3,(H,30,32). The topological polar surface area (TPSA) is 64.6 Å². The highest BCUT2D eigenvalue weighted by molar-refractivity contribution is 5.81. The molecule has 0 bridgehead atoms. The molecular formula is C26H38F3NO4. The minimum atomic E-state index is -4.37. The smallest absolute Gasteiger partial charge is 0.416 e. The number of hydrogen-bond acceptors (Lipinski definition) is 4. The Morgan fingerprint density at radius 2 is 1.76 bits per heavy atom. The van der Waals surface area contributed by atoms with Crippen molar-refractivity contribution in [3.05, 3.63) is 35.4 Å². The van der Waals surface area contributed by atoms with Crippen LogP contribution in [0.5, 0.6) is 0 Å². The van der Waals surface area contributed by atoms with E-state index in [-0.39, 0.29) is 11.8 Å². The minimum Gasteiger partial charge on any atom is -0.461 e. The molecule has 1 aromatic rings. The maximum atomic E-state index is 12.9. The van der Waals surface area contributed by atoms with E-state index in [0.29, 0.717) is 25.2 Å². The third-order valence-corrected chi connectivity index (χ3v) is 6.08. The lowest BCUT2D eigenvalue weighted by molar-refractivity contribution is -0.154. The molecule has 0 saturated carbocycles. The van der Waals surface area contributed by atoms with Crippen molar-refractivity contribution in [2.45, 2.75) is 97.6 Å². The SMILES string of the molecule is CC(C)CC1C(Cc2ccc(C(F)(F)F)cc2)CCCC(NC(=O)OC(C)(C)C)C(=O)OC1C. The molecule has 192 valence electrons. The van der Waals surface area contributed by atoms with Crippen LogP contribution in [0, 0.1) is 17.8 Å². The monoisotopic (exact) mass is 485 g/mol. The van der Waals surface area contributed by atoms with Crippen LogP contribution < -0.4 is 5.32 Å². The molecule has 1 aliphatic heterocycles. The number of cyclic esters (lactones) is 1. The fourth-order valence-electron chi connectivity index (χ4n) is 4.55. The van der Waals surface area contributed by atoms with Crippen molar-refractivity contribution in [3.8, 4) is 0 Å². The lowest BCUT2D eigenvalue weighted by Crippen LogP contribution is -2.45. The molecule has 1 N–H and O–H groups in total. The molecule has 8 heteroatoms. The van der Waals surface area contributed by atoms with E-state index in [9.17, 15) is 22.8 Å². The second-order valence-electron chi connectivity index (χ2n) is 10.7. The van der Waals surface area contributed by atoms with Crippen LogP contribution in [0.1, 0.15) is 78.4 Å². The maximum absolute atomic E-state index is 12.9. The largest absolute Gasteiger partial charge is 0.461 e. The summed E-state index contributed by atoms with van der Waals surface area (Å²) in [5.41, 5.74) is -0.523. The van der Waals surface area contributed by atoms with E-state index in [4.69, 9.17) is 9.47 Å². The van der Waals surface area contributed by atoms with Crippen LogP contribution in [0.3, 0.4) is 0 Å². The number of hydrogen-bond donors (Lipinski definition) is 1. The van der Waals surface area contributed by atoms with Gasteiger partial charge in [0.05, 0.1) is 5.56 Å². The first-order valence-corrected chi connectivity index (χ1v) is 12.0. The lowest BCUT2D eigenvalue weighted by atomic mass is 9.76. The number of alkyl carbamates (subject to hydrolysis) is 1. The van der Waals surface area contributed by atoms with Crippen molar-refractivity contribution >= 4 is 12.1 Å². The van der Waals surface area contributed by atoms with Crippen LogP contribution in [-0.4, -0.2) is 29.8 Å². The van der Waals surface area contributed by atoms with Gasteiger partial charge in [-0.3, -0.25) is 0 Å². The summed E-state index contributed by atoms with van der Waals surface area (Å²) in [4.78, 5) is 25.1. The average Bonchev–Trinajstić information content (AvgIpc) is 2.72. The van der Waals surface area contributed by atoms with E-state index in [1.807, 2.05) is 6.92 Å². The van der Waals surface area contributed by atoms with Crippen molar-refractivity contribution in [1.82, 2.24) is 5.32 Å². The van der Waals surface area contributed by atoms with Crippen LogP contribution in [0.15, 0.2) is 24.3 Å². The molecule has 1 fully saturated rings. The van der Waals surface area contributed by atoms with E-state index in [1.54, 1.807) is 20.8 Å². The molecule has 34 heavy (non-hydrogen) atoms. The first kappa shape index (κ1) is 28.0. The molecular weight excluding hydrogens is 447 g/mol. The number of rotatable bonds is 5. The second kappa shape index (κ2) is 11.5. The molecule has 1 aliphatic rings. The van der Waals surface area contributed by atoms with Gasteiger partial charge in [-0.15, -0.1) is 0 Å². The van der Waals surface area contributed by atoms with Crippen LogP contribution in [0.2, 0.25) is 0 Å². The summed E-state index contributed by atoms with van der Waals surface area (Å²) < 4.78 is 49.9. The molecule has 2 rings (SSSR count). The Balaban J connectivity index is 2.19. The van der Waals surface area contributed by atoms with Crippen molar-refractivity contribution in [2.75, 3.05) is 0 Å². The van der Waals surface area contributed by atoms with Crippen LogP contribution in [0.4, 0.5) is 18.0 Å². The number of nitrogens with one attached hydrogen (secondary N) is 1. The van der Waals surface area contributed by atoms with Gasteiger partial charge < -0.3 is 14.8 Å². The molecule has 4 unspecified atom stereocenters. The Labute approximate surface area is 200 Å². The van der Waals surface area contributed by atoms with E-state index < -0.39 is 41.5 Å². The quantitative estimate of drug-likeness (QED) is 0.481. The predicted molar refractivity (Wildman–Crippen MR) is 124 cm³/mol. The number of amides is 1. The summed E-state index contributed by atoms with van der Waals surface area (Å²) in [7, 11) is 0. The molecule has 0 aliphatic carbocycles. The fourth-order valence-corrected chi connectivity index (χ4v) is 4.55. The summed E-state index contributed by atoms with van der Waals surface area (Å²) in [5, 5.41) is 2.64. The zero-order chi connectivity index (χ0) is 25.7. The fraction of sp³-hybridized carbons (Fsp3) is 0.692. The third-order valence-electron chi connectivity index (χ3n) is 6.08. The Kier molecular flexibility index (Phi) is 9.43.